The van der Waals surface area contributed by atoms with Gasteiger partial charge >= 0.3 is 0 Å². The largest absolute Gasteiger partial charge is 0.356 e. The number of nitrogens with zero attached hydrogens (tertiary/aromatic N) is 2. The summed E-state index contributed by atoms with van der Waals surface area (Å²) < 4.78 is 0. The van der Waals surface area contributed by atoms with Crippen molar-refractivity contribution in [3.05, 3.63) is 35.4 Å². The Hall–Kier alpha value is -0.820. The third kappa shape index (κ3) is 5.35. The first-order chi connectivity index (χ1) is 10.8. The van der Waals surface area contributed by atoms with E-state index in [1.54, 1.807) is 0 Å². The van der Waals surface area contributed by atoms with E-state index in [2.05, 4.69) is 51.7 Å². The number of fused-ring (bicyclic) bond motifs is 1. The van der Waals surface area contributed by atoms with Crippen LogP contribution in [0.2, 0.25) is 0 Å². The summed E-state index contributed by atoms with van der Waals surface area (Å²) in [6, 6.07) is 9.46. The molecule has 1 fully saturated rings. The fraction of sp³-hybridized carbons (Fsp3) is 0.611. The van der Waals surface area contributed by atoms with Crippen molar-refractivity contribution < 1.29 is 0 Å². The Morgan fingerprint density at radius 1 is 1.30 bits per heavy atom. The quantitative estimate of drug-likeness (QED) is 0.328. The molecule has 5 heteroatoms. The van der Waals surface area contributed by atoms with Crippen molar-refractivity contribution in [2.24, 2.45) is 10.9 Å². The lowest BCUT2D eigenvalue weighted by atomic mass is 10.00. The molecular weight excluding hydrogens is 399 g/mol. The molecule has 1 aromatic rings. The number of rotatable bonds is 5. The SMILES string of the molecule is CN=C(NCCCN1CCc2ccccc2C1)NC1CC1C.I. The van der Waals surface area contributed by atoms with E-state index >= 15 is 0 Å². The Morgan fingerprint density at radius 3 is 2.74 bits per heavy atom. The summed E-state index contributed by atoms with van der Waals surface area (Å²) in [5.74, 6) is 1.75. The molecule has 23 heavy (non-hydrogen) atoms. The van der Waals surface area contributed by atoms with Gasteiger partial charge in [-0.1, -0.05) is 31.2 Å². The van der Waals surface area contributed by atoms with Crippen LogP contribution in [-0.4, -0.2) is 43.6 Å². The molecule has 2 unspecified atom stereocenters. The van der Waals surface area contributed by atoms with E-state index in [4.69, 9.17) is 0 Å². The lowest BCUT2D eigenvalue weighted by molar-refractivity contribution is 0.251. The van der Waals surface area contributed by atoms with E-state index in [0.29, 0.717) is 6.04 Å². The molecule has 4 nitrogen and oxygen atoms in total. The molecule has 1 aliphatic heterocycles. The first kappa shape index (κ1) is 18.5. The Kier molecular flexibility index (Phi) is 7.14. The molecule has 0 amide bonds. The fourth-order valence-corrected chi connectivity index (χ4v) is 3.15. The molecule has 0 aromatic heterocycles. The number of guanidine groups is 1. The highest BCUT2D eigenvalue weighted by molar-refractivity contribution is 14.0. The van der Waals surface area contributed by atoms with Gasteiger partial charge in [0.1, 0.15) is 0 Å². The highest BCUT2D eigenvalue weighted by Gasteiger charge is 2.33. The smallest absolute Gasteiger partial charge is 0.191 e. The average Bonchev–Trinajstić information content (AvgIpc) is 3.25. The van der Waals surface area contributed by atoms with Crippen molar-refractivity contribution in [1.82, 2.24) is 15.5 Å². The molecule has 2 aliphatic rings. The second-order valence-electron chi connectivity index (χ2n) is 6.61. The third-order valence-corrected chi connectivity index (χ3v) is 4.81. The molecule has 1 heterocycles. The molecular formula is C18H29IN4. The van der Waals surface area contributed by atoms with Crippen LogP contribution in [0.25, 0.3) is 0 Å². The number of benzene rings is 1. The van der Waals surface area contributed by atoms with Crippen molar-refractivity contribution in [2.75, 3.05) is 26.7 Å². The minimum absolute atomic E-state index is 0. The van der Waals surface area contributed by atoms with E-state index < -0.39 is 0 Å². The maximum atomic E-state index is 4.30. The molecule has 1 aliphatic carbocycles. The van der Waals surface area contributed by atoms with Gasteiger partial charge in [0.25, 0.3) is 0 Å². The fourth-order valence-electron chi connectivity index (χ4n) is 3.15. The monoisotopic (exact) mass is 428 g/mol. The molecule has 1 aromatic carbocycles. The Bertz CT molecular complexity index is 532. The van der Waals surface area contributed by atoms with E-state index in [9.17, 15) is 0 Å². The van der Waals surface area contributed by atoms with E-state index in [1.807, 2.05) is 7.05 Å². The summed E-state index contributed by atoms with van der Waals surface area (Å²) in [7, 11) is 1.85. The van der Waals surface area contributed by atoms with Gasteiger partial charge in [0.15, 0.2) is 5.96 Å². The van der Waals surface area contributed by atoms with Gasteiger partial charge in [0, 0.05) is 39.3 Å². The Labute approximate surface area is 157 Å². The number of halogens is 1. The maximum Gasteiger partial charge on any atom is 0.191 e. The van der Waals surface area contributed by atoms with Crippen LogP contribution >= 0.6 is 24.0 Å². The van der Waals surface area contributed by atoms with Gasteiger partial charge in [-0.15, -0.1) is 24.0 Å². The summed E-state index contributed by atoms with van der Waals surface area (Å²) >= 11 is 0. The Morgan fingerprint density at radius 2 is 2.04 bits per heavy atom. The van der Waals surface area contributed by atoms with Crippen molar-refractivity contribution in [2.45, 2.75) is 38.8 Å². The lowest BCUT2D eigenvalue weighted by Crippen LogP contribution is -2.40. The van der Waals surface area contributed by atoms with Crippen LogP contribution in [0, 0.1) is 5.92 Å². The van der Waals surface area contributed by atoms with Crippen LogP contribution in [0.15, 0.2) is 29.3 Å². The highest BCUT2D eigenvalue weighted by Crippen LogP contribution is 2.28. The highest BCUT2D eigenvalue weighted by atomic mass is 127. The summed E-state index contributed by atoms with van der Waals surface area (Å²) in [4.78, 5) is 6.86. The zero-order valence-electron chi connectivity index (χ0n) is 14.2. The number of hydrogen-bond donors (Lipinski definition) is 2. The third-order valence-electron chi connectivity index (χ3n) is 4.81. The van der Waals surface area contributed by atoms with Crippen LogP contribution in [-0.2, 0) is 13.0 Å². The topological polar surface area (TPSA) is 39.7 Å². The zero-order chi connectivity index (χ0) is 15.4. The normalized spacial score (nSPS) is 23.7. The van der Waals surface area contributed by atoms with Crippen molar-refractivity contribution in [3.63, 3.8) is 0 Å². The zero-order valence-corrected chi connectivity index (χ0v) is 16.5. The lowest BCUT2D eigenvalue weighted by Gasteiger charge is -2.28. The van der Waals surface area contributed by atoms with Gasteiger partial charge in [0.2, 0.25) is 0 Å². The van der Waals surface area contributed by atoms with Gasteiger partial charge in [-0.2, -0.15) is 0 Å². The van der Waals surface area contributed by atoms with Gasteiger partial charge < -0.3 is 10.6 Å². The molecule has 128 valence electrons. The van der Waals surface area contributed by atoms with E-state index in [-0.39, 0.29) is 24.0 Å². The minimum atomic E-state index is 0. The molecule has 0 radical (unpaired) electrons. The summed E-state index contributed by atoms with van der Waals surface area (Å²) in [5.41, 5.74) is 3.03. The summed E-state index contributed by atoms with van der Waals surface area (Å²) in [5, 5.41) is 6.90. The number of aliphatic imine (C=N–C) groups is 1. The van der Waals surface area contributed by atoms with Gasteiger partial charge in [-0.25, -0.2) is 0 Å². The van der Waals surface area contributed by atoms with Crippen molar-refractivity contribution >= 4 is 29.9 Å². The minimum Gasteiger partial charge on any atom is -0.356 e. The predicted molar refractivity (Wildman–Crippen MR) is 108 cm³/mol. The van der Waals surface area contributed by atoms with Crippen LogP contribution in [0.4, 0.5) is 0 Å². The van der Waals surface area contributed by atoms with Gasteiger partial charge in [-0.3, -0.25) is 9.89 Å². The van der Waals surface area contributed by atoms with E-state index in [1.165, 1.54) is 30.5 Å². The number of nitrogens with one attached hydrogen (secondary N) is 2. The summed E-state index contributed by atoms with van der Waals surface area (Å²) in [6.45, 7) is 6.70. The van der Waals surface area contributed by atoms with Crippen LogP contribution in [0.3, 0.4) is 0 Å². The van der Waals surface area contributed by atoms with Gasteiger partial charge in [0.05, 0.1) is 0 Å². The molecule has 0 spiro atoms. The van der Waals surface area contributed by atoms with E-state index in [0.717, 1.165) is 37.9 Å². The second kappa shape index (κ2) is 8.87. The molecule has 0 bridgehead atoms. The molecule has 0 saturated heterocycles. The maximum absolute atomic E-state index is 4.30. The molecule has 2 N–H and O–H groups in total. The molecule has 3 rings (SSSR count). The average molecular weight is 428 g/mol. The van der Waals surface area contributed by atoms with Crippen molar-refractivity contribution in [1.29, 1.82) is 0 Å². The Balaban J connectivity index is 0.00000192. The first-order valence-corrected chi connectivity index (χ1v) is 8.52. The van der Waals surface area contributed by atoms with Crippen LogP contribution < -0.4 is 10.6 Å². The second-order valence-corrected chi connectivity index (χ2v) is 6.61. The first-order valence-electron chi connectivity index (χ1n) is 8.52. The summed E-state index contributed by atoms with van der Waals surface area (Å²) in [6.07, 6.45) is 3.61. The number of hydrogen-bond acceptors (Lipinski definition) is 2. The standard InChI is InChI=1S/C18H28N4.HI/c1-14-12-17(14)21-18(19-2)20-9-5-10-22-11-8-15-6-3-4-7-16(15)13-22;/h3-4,6-7,14,17H,5,8-13H2,1-2H3,(H2,19,20,21);1H. The van der Waals surface area contributed by atoms with Crippen molar-refractivity contribution in [3.8, 4) is 0 Å². The predicted octanol–water partition coefficient (Wildman–Crippen LogP) is 2.63. The van der Waals surface area contributed by atoms with Gasteiger partial charge in [-0.05, 0) is 36.3 Å². The van der Waals surface area contributed by atoms with Crippen LogP contribution in [0.1, 0.15) is 30.9 Å². The molecule has 2 atom stereocenters. The van der Waals surface area contributed by atoms with Crippen LogP contribution in [0.5, 0.6) is 0 Å². The molecule has 1 saturated carbocycles.